The summed E-state index contributed by atoms with van der Waals surface area (Å²) in [6.45, 7) is 2.05. The molecule has 3 aromatic rings. The molecule has 3 rings (SSSR count). The van der Waals surface area contributed by atoms with Gasteiger partial charge in [-0.05, 0) is 31.0 Å². The number of aryl methyl sites for hydroxylation is 4. The number of rotatable bonds is 5. The third-order valence-corrected chi connectivity index (χ3v) is 4.84. The van der Waals surface area contributed by atoms with Gasteiger partial charge in [-0.3, -0.25) is 4.79 Å². The number of benzene rings is 1. The second kappa shape index (κ2) is 7.15. The molecule has 1 aromatic carbocycles. The van der Waals surface area contributed by atoms with Crippen LogP contribution in [0, 0.1) is 6.92 Å². The molecule has 0 spiro atoms. The summed E-state index contributed by atoms with van der Waals surface area (Å²) in [6, 6.07) is 10.8. The van der Waals surface area contributed by atoms with Gasteiger partial charge in [0, 0.05) is 39.3 Å². The van der Waals surface area contributed by atoms with Crippen molar-refractivity contribution >= 4 is 17.2 Å². The fraction of sp³-hybridized carbons (Fsp3) is 0.350. The molecule has 2 heterocycles. The number of hydrogen-bond acceptors (Lipinski definition) is 3. The highest BCUT2D eigenvalue weighted by molar-refractivity contribution is 5.97. The van der Waals surface area contributed by atoms with E-state index in [0.29, 0.717) is 5.69 Å². The zero-order valence-corrected chi connectivity index (χ0v) is 16.1. The lowest BCUT2D eigenvalue weighted by atomic mass is 10.1. The van der Waals surface area contributed by atoms with Crippen LogP contribution in [0.1, 0.15) is 27.4 Å². The summed E-state index contributed by atoms with van der Waals surface area (Å²) in [5.74, 6) is -0.168. The van der Waals surface area contributed by atoms with E-state index < -0.39 is 0 Å². The highest BCUT2D eigenvalue weighted by atomic mass is 16.1. The van der Waals surface area contributed by atoms with Gasteiger partial charge in [-0.15, -0.1) is 0 Å². The van der Waals surface area contributed by atoms with E-state index >= 15 is 0 Å². The van der Waals surface area contributed by atoms with E-state index in [1.807, 2.05) is 30.1 Å². The van der Waals surface area contributed by atoms with E-state index in [2.05, 4.69) is 52.5 Å². The van der Waals surface area contributed by atoms with Crippen molar-refractivity contribution < 1.29 is 9.36 Å². The molecular weight excluding hydrogens is 326 g/mol. The molecule has 1 amide bonds. The number of imidazole rings is 1. The van der Waals surface area contributed by atoms with Gasteiger partial charge in [-0.1, -0.05) is 12.1 Å². The molecule has 0 radical (unpaired) electrons. The third-order valence-electron chi connectivity index (χ3n) is 4.84. The number of anilines is 1. The Balaban J connectivity index is 1.92. The SMILES string of the molecule is CNC(=O)c1ncn2c(CCc3ccc(N(C)C)cc3)cc(C)[n+](C)c12. The topological polar surface area (TPSA) is 53.5 Å². The van der Waals surface area contributed by atoms with E-state index in [9.17, 15) is 4.79 Å². The zero-order chi connectivity index (χ0) is 18.8. The standard InChI is InChI=1S/C20H25N5O/c1-14-12-17(11-8-15-6-9-16(10-7-15)23(3)4)25-13-22-18(19(26)21-2)20(25)24(14)5/h6-7,9-10,12-13H,8,11H2,1-5H3/p+1. The molecule has 0 aliphatic carbocycles. The second-order valence-electron chi connectivity index (χ2n) is 6.76. The Bertz CT molecular complexity index is 941. The van der Waals surface area contributed by atoms with E-state index in [4.69, 9.17) is 0 Å². The Morgan fingerprint density at radius 1 is 1.23 bits per heavy atom. The van der Waals surface area contributed by atoms with Crippen molar-refractivity contribution in [3.05, 3.63) is 59.3 Å². The first-order valence-electron chi connectivity index (χ1n) is 8.76. The van der Waals surface area contributed by atoms with Crippen LogP contribution < -0.4 is 14.8 Å². The van der Waals surface area contributed by atoms with Gasteiger partial charge in [0.15, 0.2) is 6.33 Å². The van der Waals surface area contributed by atoms with Gasteiger partial charge in [0.2, 0.25) is 5.69 Å². The minimum absolute atomic E-state index is 0.168. The quantitative estimate of drug-likeness (QED) is 0.711. The number of fused-ring (bicyclic) bond motifs is 1. The number of amides is 1. The summed E-state index contributed by atoms with van der Waals surface area (Å²) in [4.78, 5) is 18.6. The number of nitrogens with zero attached hydrogens (tertiary/aromatic N) is 4. The minimum Gasteiger partial charge on any atom is -0.378 e. The maximum atomic E-state index is 12.1. The Kier molecular flexibility index (Phi) is 4.93. The molecule has 0 saturated carbocycles. The lowest BCUT2D eigenvalue weighted by Gasteiger charge is -2.12. The van der Waals surface area contributed by atoms with Gasteiger partial charge in [-0.25, -0.2) is 9.55 Å². The fourth-order valence-electron chi connectivity index (χ4n) is 3.15. The predicted molar refractivity (Wildman–Crippen MR) is 103 cm³/mol. The molecule has 1 N–H and O–H groups in total. The normalized spacial score (nSPS) is 11.0. The molecule has 0 unspecified atom stereocenters. The average molecular weight is 352 g/mol. The lowest BCUT2D eigenvalue weighted by Crippen LogP contribution is -2.37. The molecule has 0 aliphatic rings. The highest BCUT2D eigenvalue weighted by Crippen LogP contribution is 2.16. The second-order valence-corrected chi connectivity index (χ2v) is 6.76. The first kappa shape index (κ1) is 17.9. The molecule has 136 valence electrons. The molecular formula is C20H26N5O+. The molecule has 6 nitrogen and oxygen atoms in total. The summed E-state index contributed by atoms with van der Waals surface area (Å²) in [7, 11) is 7.67. The maximum Gasteiger partial charge on any atom is 0.319 e. The number of carbonyl (C=O) groups is 1. The minimum atomic E-state index is -0.168. The Morgan fingerprint density at radius 2 is 1.92 bits per heavy atom. The number of nitrogens with one attached hydrogen (secondary N) is 1. The van der Waals surface area contributed by atoms with E-state index in [1.54, 1.807) is 13.4 Å². The molecule has 0 bridgehead atoms. The van der Waals surface area contributed by atoms with Crippen molar-refractivity contribution in [2.75, 3.05) is 26.0 Å². The van der Waals surface area contributed by atoms with Crippen molar-refractivity contribution in [2.24, 2.45) is 7.05 Å². The summed E-state index contributed by atoms with van der Waals surface area (Å²) in [6.07, 6.45) is 3.55. The molecule has 0 atom stereocenters. The van der Waals surface area contributed by atoms with Crippen molar-refractivity contribution in [3.63, 3.8) is 0 Å². The highest BCUT2D eigenvalue weighted by Gasteiger charge is 2.24. The van der Waals surface area contributed by atoms with Gasteiger partial charge in [-0.2, -0.15) is 4.40 Å². The molecule has 0 fully saturated rings. The first-order chi connectivity index (χ1) is 12.4. The summed E-state index contributed by atoms with van der Waals surface area (Å²) in [5, 5.41) is 2.67. The van der Waals surface area contributed by atoms with Gasteiger partial charge in [0.05, 0.1) is 7.05 Å². The average Bonchev–Trinajstić information content (AvgIpc) is 3.08. The predicted octanol–water partition coefficient (Wildman–Crippen LogP) is 1.68. The zero-order valence-electron chi connectivity index (χ0n) is 16.1. The number of aromatic nitrogens is 3. The van der Waals surface area contributed by atoms with Gasteiger partial charge in [0.25, 0.3) is 5.91 Å². The van der Waals surface area contributed by atoms with Crippen LogP contribution in [-0.4, -0.2) is 36.4 Å². The Morgan fingerprint density at radius 3 is 2.54 bits per heavy atom. The van der Waals surface area contributed by atoms with Crippen molar-refractivity contribution in [1.29, 1.82) is 0 Å². The van der Waals surface area contributed by atoms with E-state index in [-0.39, 0.29) is 5.91 Å². The van der Waals surface area contributed by atoms with Crippen LogP contribution in [0.5, 0.6) is 0 Å². The largest absolute Gasteiger partial charge is 0.378 e. The van der Waals surface area contributed by atoms with Crippen LogP contribution in [0.2, 0.25) is 0 Å². The maximum absolute atomic E-state index is 12.1. The molecule has 26 heavy (non-hydrogen) atoms. The van der Waals surface area contributed by atoms with Gasteiger partial charge >= 0.3 is 5.65 Å². The van der Waals surface area contributed by atoms with E-state index in [1.165, 1.54) is 11.3 Å². The van der Waals surface area contributed by atoms with Crippen LogP contribution in [-0.2, 0) is 19.9 Å². The Hall–Kier alpha value is -2.89. The van der Waals surface area contributed by atoms with Gasteiger partial charge in [0.1, 0.15) is 11.4 Å². The first-order valence-corrected chi connectivity index (χ1v) is 8.76. The van der Waals surface area contributed by atoms with Gasteiger partial charge < -0.3 is 10.2 Å². The van der Waals surface area contributed by atoms with E-state index in [0.717, 1.165) is 29.9 Å². The summed E-state index contributed by atoms with van der Waals surface area (Å²) < 4.78 is 4.03. The van der Waals surface area contributed by atoms with Crippen molar-refractivity contribution in [2.45, 2.75) is 19.8 Å². The third kappa shape index (κ3) is 3.27. The smallest absolute Gasteiger partial charge is 0.319 e. The molecule has 0 aliphatic heterocycles. The van der Waals surface area contributed by atoms with Crippen molar-refractivity contribution in [1.82, 2.24) is 14.7 Å². The number of carbonyl (C=O) groups excluding carboxylic acids is 1. The van der Waals surface area contributed by atoms with Crippen molar-refractivity contribution in [3.8, 4) is 0 Å². The molecule has 6 heteroatoms. The van der Waals surface area contributed by atoms with Crippen LogP contribution in [0.25, 0.3) is 5.65 Å². The summed E-state index contributed by atoms with van der Waals surface area (Å²) in [5.41, 5.74) is 6.01. The van der Waals surface area contributed by atoms with Crippen LogP contribution in [0.15, 0.2) is 36.7 Å². The van der Waals surface area contributed by atoms with Crippen LogP contribution in [0.4, 0.5) is 5.69 Å². The molecule has 2 aromatic heterocycles. The monoisotopic (exact) mass is 352 g/mol. The number of hydrogen-bond donors (Lipinski definition) is 1. The van der Waals surface area contributed by atoms with Crippen LogP contribution in [0.3, 0.4) is 0 Å². The Labute approximate surface area is 154 Å². The lowest BCUT2D eigenvalue weighted by molar-refractivity contribution is -0.654. The summed E-state index contributed by atoms with van der Waals surface area (Å²) >= 11 is 0. The van der Waals surface area contributed by atoms with Crippen LogP contribution >= 0.6 is 0 Å². The fourth-order valence-corrected chi connectivity index (χ4v) is 3.15. The molecule has 0 saturated heterocycles.